The van der Waals surface area contributed by atoms with Crippen LogP contribution in [0.3, 0.4) is 0 Å². The first-order valence-corrected chi connectivity index (χ1v) is 14.1. The Hall–Kier alpha value is -1.70. The number of fused-ring (bicyclic) bond motifs is 2. The van der Waals surface area contributed by atoms with Crippen LogP contribution < -0.4 is 0 Å². The summed E-state index contributed by atoms with van der Waals surface area (Å²) in [6.45, 7) is 4.25. The zero-order chi connectivity index (χ0) is 23.9. The Morgan fingerprint density at radius 1 is 0.912 bits per heavy atom. The molecule has 0 aromatic heterocycles. The first-order chi connectivity index (χ1) is 16.6. The van der Waals surface area contributed by atoms with Gasteiger partial charge < -0.3 is 0 Å². The van der Waals surface area contributed by atoms with Crippen molar-refractivity contribution in [2.24, 2.45) is 17.8 Å². The average Bonchev–Trinajstić information content (AvgIpc) is 2.84. The molecular weight excluding hydrogens is 422 g/mol. The second kappa shape index (κ2) is 12.3. The van der Waals surface area contributed by atoms with Gasteiger partial charge in [0, 0.05) is 0 Å². The van der Waals surface area contributed by atoms with Crippen LogP contribution in [-0.2, 0) is 6.42 Å². The highest BCUT2D eigenvalue weighted by atomic mass is 19.1. The Balaban J connectivity index is 1.38. The van der Waals surface area contributed by atoms with Crippen LogP contribution in [0.15, 0.2) is 36.4 Å². The Labute approximate surface area is 206 Å². The first kappa shape index (κ1) is 25.4. The molecule has 4 unspecified atom stereocenters. The number of rotatable bonds is 10. The smallest absolute Gasteiger partial charge is 0.137 e. The number of aryl methyl sites for hydroxylation is 1. The molecular formula is C32H44F2. The zero-order valence-corrected chi connectivity index (χ0v) is 21.4. The topological polar surface area (TPSA) is 0 Å². The molecule has 0 radical (unpaired) electrons. The number of allylic oxidation sites excluding steroid dienone is 2. The first-order valence-electron chi connectivity index (χ1n) is 14.1. The lowest BCUT2D eigenvalue weighted by atomic mass is 9.63. The van der Waals surface area contributed by atoms with Gasteiger partial charge in [0.2, 0.25) is 0 Å². The lowest BCUT2D eigenvalue weighted by Gasteiger charge is -2.42. The molecule has 2 aliphatic rings. The van der Waals surface area contributed by atoms with Gasteiger partial charge in [0.25, 0.3) is 0 Å². The van der Waals surface area contributed by atoms with Crippen molar-refractivity contribution in [2.45, 2.75) is 110 Å². The summed E-state index contributed by atoms with van der Waals surface area (Å²) in [5, 5.41) is 0.894. The normalized spacial score (nSPS) is 25.2. The fraction of sp³-hybridized carbons (Fsp3) is 0.625. The van der Waals surface area contributed by atoms with Crippen LogP contribution in [0, 0.1) is 29.4 Å². The maximum absolute atomic E-state index is 15.2. The van der Waals surface area contributed by atoms with Crippen molar-refractivity contribution in [2.75, 3.05) is 0 Å². The summed E-state index contributed by atoms with van der Waals surface area (Å²) in [6.07, 6.45) is 21.5. The molecule has 186 valence electrons. The predicted octanol–water partition coefficient (Wildman–Crippen LogP) is 10.3. The highest BCUT2D eigenvalue weighted by molar-refractivity contribution is 5.85. The molecule has 4 atom stereocenters. The minimum Gasteiger partial charge on any atom is -0.206 e. The lowest BCUT2D eigenvalue weighted by molar-refractivity contribution is 0.113. The Morgan fingerprint density at radius 2 is 1.71 bits per heavy atom. The monoisotopic (exact) mass is 466 g/mol. The van der Waals surface area contributed by atoms with Gasteiger partial charge >= 0.3 is 0 Å². The van der Waals surface area contributed by atoms with E-state index in [-0.39, 0.29) is 17.0 Å². The summed E-state index contributed by atoms with van der Waals surface area (Å²) < 4.78 is 30.2. The van der Waals surface area contributed by atoms with E-state index in [2.05, 4.69) is 13.0 Å². The van der Waals surface area contributed by atoms with Crippen LogP contribution in [0.4, 0.5) is 8.78 Å². The number of halogens is 2. The molecule has 0 saturated heterocycles. The molecule has 2 fully saturated rings. The Bertz CT molecular complexity index is 959. The van der Waals surface area contributed by atoms with Gasteiger partial charge in [-0.3, -0.25) is 0 Å². The summed E-state index contributed by atoms with van der Waals surface area (Å²) in [5.74, 6) is 2.26. The van der Waals surface area contributed by atoms with Gasteiger partial charge in [-0.2, -0.15) is 0 Å². The van der Waals surface area contributed by atoms with E-state index >= 15 is 8.78 Å². The molecule has 0 aliphatic heterocycles. The van der Waals surface area contributed by atoms with E-state index in [0.29, 0.717) is 17.9 Å². The molecule has 0 nitrogen and oxygen atoms in total. The molecule has 0 heterocycles. The number of hydrogen-bond acceptors (Lipinski definition) is 0. The van der Waals surface area contributed by atoms with Gasteiger partial charge in [-0.25, -0.2) is 8.78 Å². The van der Waals surface area contributed by atoms with Crippen molar-refractivity contribution in [3.05, 3.63) is 59.2 Å². The van der Waals surface area contributed by atoms with Crippen LogP contribution in [-0.4, -0.2) is 0 Å². The predicted molar refractivity (Wildman–Crippen MR) is 141 cm³/mol. The summed E-state index contributed by atoms with van der Waals surface area (Å²) in [4.78, 5) is 0. The third-order valence-corrected chi connectivity index (χ3v) is 8.83. The molecule has 2 aromatic rings. The third-order valence-electron chi connectivity index (χ3n) is 8.83. The average molecular weight is 467 g/mol. The van der Waals surface area contributed by atoms with Crippen LogP contribution in [0.5, 0.6) is 0 Å². The quantitative estimate of drug-likeness (QED) is 0.241. The minimum atomic E-state index is -0.383. The van der Waals surface area contributed by atoms with E-state index in [1.165, 1.54) is 70.6 Å². The van der Waals surface area contributed by atoms with Crippen LogP contribution in [0.25, 0.3) is 10.8 Å². The molecule has 4 rings (SSSR count). The van der Waals surface area contributed by atoms with Crippen molar-refractivity contribution < 1.29 is 8.78 Å². The summed E-state index contributed by atoms with van der Waals surface area (Å²) in [5.41, 5.74) is 1.70. The minimum absolute atomic E-state index is 0.176. The standard InChI is InChI=1S/C32H44F2/c1-3-5-7-8-10-11-23-13-14-26-20-27(17-16-25(26)19-23)29-21-28-18-15-24(12-9-6-4-2)32(34)31(28)30(33)22-29/h4,6,15,18,21-23,25-27H,3,5,7-14,16-17,19-20H2,1-2H3. The number of benzene rings is 2. The van der Waals surface area contributed by atoms with Gasteiger partial charge in [0.05, 0.1) is 5.39 Å². The van der Waals surface area contributed by atoms with E-state index < -0.39 is 0 Å². The van der Waals surface area contributed by atoms with Crippen molar-refractivity contribution in [1.29, 1.82) is 0 Å². The third kappa shape index (κ3) is 6.10. The number of hydrogen-bond donors (Lipinski definition) is 0. The van der Waals surface area contributed by atoms with Gasteiger partial charge in [-0.1, -0.05) is 82.2 Å². The molecule has 2 heteroatoms. The zero-order valence-electron chi connectivity index (χ0n) is 21.4. The summed E-state index contributed by atoms with van der Waals surface area (Å²) in [6, 6.07) is 7.50. The van der Waals surface area contributed by atoms with Crippen LogP contribution in [0.2, 0.25) is 0 Å². The second-order valence-corrected chi connectivity index (χ2v) is 11.2. The van der Waals surface area contributed by atoms with E-state index in [4.69, 9.17) is 0 Å². The van der Waals surface area contributed by atoms with E-state index in [1.807, 2.05) is 31.2 Å². The van der Waals surface area contributed by atoms with Crippen molar-refractivity contribution in [1.82, 2.24) is 0 Å². The summed E-state index contributed by atoms with van der Waals surface area (Å²) in [7, 11) is 0. The lowest BCUT2D eigenvalue weighted by Crippen LogP contribution is -2.30. The molecule has 0 spiro atoms. The van der Waals surface area contributed by atoms with Gasteiger partial charge in [-0.15, -0.1) is 0 Å². The highest BCUT2D eigenvalue weighted by Gasteiger charge is 2.36. The van der Waals surface area contributed by atoms with Gasteiger partial charge in [-0.05, 0) is 98.1 Å². The second-order valence-electron chi connectivity index (χ2n) is 11.2. The molecule has 0 N–H and O–H groups in total. The SMILES string of the molecule is CC=CCCc1ccc2cc(C3CCC4CC(CCCCCCC)CCC4C3)cc(F)c2c1F. The van der Waals surface area contributed by atoms with E-state index in [0.717, 1.165) is 41.5 Å². The molecule has 34 heavy (non-hydrogen) atoms. The van der Waals surface area contributed by atoms with Crippen molar-refractivity contribution in [3.63, 3.8) is 0 Å². The Morgan fingerprint density at radius 3 is 2.53 bits per heavy atom. The fourth-order valence-corrected chi connectivity index (χ4v) is 6.86. The van der Waals surface area contributed by atoms with Gasteiger partial charge in [0.15, 0.2) is 0 Å². The molecule has 0 bridgehead atoms. The number of unbranched alkanes of at least 4 members (excludes halogenated alkanes) is 4. The highest BCUT2D eigenvalue weighted by Crippen LogP contribution is 2.49. The molecule has 2 saturated carbocycles. The van der Waals surface area contributed by atoms with Crippen LogP contribution >= 0.6 is 0 Å². The molecule has 2 aliphatic carbocycles. The maximum Gasteiger partial charge on any atom is 0.137 e. The van der Waals surface area contributed by atoms with Crippen LogP contribution in [0.1, 0.15) is 114 Å². The van der Waals surface area contributed by atoms with Crippen molar-refractivity contribution >= 4 is 10.8 Å². The maximum atomic E-state index is 15.2. The van der Waals surface area contributed by atoms with E-state index in [9.17, 15) is 0 Å². The summed E-state index contributed by atoms with van der Waals surface area (Å²) >= 11 is 0. The molecule has 0 amide bonds. The van der Waals surface area contributed by atoms with Gasteiger partial charge in [0.1, 0.15) is 11.6 Å². The fourth-order valence-electron chi connectivity index (χ4n) is 6.86. The van der Waals surface area contributed by atoms with E-state index in [1.54, 1.807) is 6.07 Å². The van der Waals surface area contributed by atoms with Crippen molar-refractivity contribution in [3.8, 4) is 0 Å². The Kier molecular flexibility index (Phi) is 9.20. The largest absolute Gasteiger partial charge is 0.206 e. The molecule has 2 aromatic carbocycles.